The maximum absolute atomic E-state index is 12.1. The molecule has 0 amide bonds. The number of methoxy groups -OCH3 is 3. The predicted molar refractivity (Wildman–Crippen MR) is 119 cm³/mol. The van der Waals surface area contributed by atoms with Gasteiger partial charge in [0.05, 0.1) is 21.3 Å². The van der Waals surface area contributed by atoms with Crippen molar-refractivity contribution in [2.45, 2.75) is 25.5 Å². The second-order valence-electron chi connectivity index (χ2n) is 6.20. The van der Waals surface area contributed by atoms with E-state index in [0.29, 0.717) is 35.5 Å². The highest BCUT2D eigenvalue weighted by Gasteiger charge is 2.19. The summed E-state index contributed by atoms with van der Waals surface area (Å²) in [5.74, 6) is 2.74. The Morgan fingerprint density at radius 3 is 2.04 bits per heavy atom. The number of benzene rings is 1. The predicted octanol–water partition coefficient (Wildman–Crippen LogP) is 2.86. The van der Waals surface area contributed by atoms with Gasteiger partial charge in [-0.3, -0.25) is 9.20 Å². The van der Waals surface area contributed by atoms with Crippen molar-refractivity contribution in [2.75, 3.05) is 46.0 Å². The number of nitrogens with one attached hydrogen (secondary N) is 2. The molecule has 1 aromatic rings. The zero-order valence-electron chi connectivity index (χ0n) is 16.5. The van der Waals surface area contributed by atoms with Gasteiger partial charge in [0.25, 0.3) is 0 Å². The average Bonchev–Trinajstić information content (AvgIpc) is 2.58. The van der Waals surface area contributed by atoms with E-state index in [1.807, 2.05) is 20.8 Å². The third-order valence-corrected chi connectivity index (χ3v) is 5.35. The Hall–Kier alpha value is -1.23. The first-order chi connectivity index (χ1) is 11.8. The van der Waals surface area contributed by atoms with Crippen LogP contribution in [-0.2, 0) is 10.8 Å². The zero-order chi connectivity index (χ0) is 19.0. The largest absolute Gasteiger partial charge is 0.493 e. The van der Waals surface area contributed by atoms with Crippen LogP contribution in [0.15, 0.2) is 17.1 Å². The first-order valence-corrected chi connectivity index (χ1v) is 9.24. The van der Waals surface area contributed by atoms with Crippen LogP contribution in [0.3, 0.4) is 0 Å². The summed E-state index contributed by atoms with van der Waals surface area (Å²) in [7, 11) is 5.45. The van der Waals surface area contributed by atoms with Gasteiger partial charge in [0, 0.05) is 52.7 Å². The molecule has 0 spiro atoms. The second kappa shape index (κ2) is 11.5. The second-order valence-corrected chi connectivity index (χ2v) is 8.52. The summed E-state index contributed by atoms with van der Waals surface area (Å²) in [6.07, 6.45) is 0. The van der Waals surface area contributed by atoms with Crippen LogP contribution in [0.5, 0.6) is 17.2 Å². The lowest BCUT2D eigenvalue weighted by atomic mass is 10.2. The smallest absolute Gasteiger partial charge is 0.203 e. The van der Waals surface area contributed by atoms with E-state index in [1.165, 1.54) is 0 Å². The number of hydrogen-bond donors (Lipinski definition) is 2. The van der Waals surface area contributed by atoms with Crippen LogP contribution >= 0.6 is 24.0 Å². The van der Waals surface area contributed by atoms with Gasteiger partial charge < -0.3 is 24.8 Å². The molecule has 0 saturated heterocycles. The Kier molecular flexibility index (Phi) is 10.9. The number of halogens is 1. The van der Waals surface area contributed by atoms with Gasteiger partial charge in [-0.2, -0.15) is 0 Å². The van der Waals surface area contributed by atoms with Gasteiger partial charge >= 0.3 is 0 Å². The maximum Gasteiger partial charge on any atom is 0.203 e. The molecule has 1 rings (SSSR count). The molecule has 7 nitrogen and oxygen atoms in total. The molecule has 0 aliphatic rings. The summed E-state index contributed by atoms with van der Waals surface area (Å²) in [5.41, 5.74) is 0.736. The van der Waals surface area contributed by atoms with Crippen LogP contribution in [0.2, 0.25) is 0 Å². The van der Waals surface area contributed by atoms with Gasteiger partial charge in [0.2, 0.25) is 5.75 Å². The number of nitrogens with zero attached hydrogens (tertiary/aromatic N) is 1. The molecule has 0 heterocycles. The van der Waals surface area contributed by atoms with Crippen molar-refractivity contribution in [3.63, 3.8) is 0 Å². The normalized spacial score (nSPS) is 12.7. The Morgan fingerprint density at radius 2 is 1.65 bits per heavy atom. The molecule has 1 aromatic carbocycles. The summed E-state index contributed by atoms with van der Waals surface area (Å²) >= 11 is 0. The van der Waals surface area contributed by atoms with Crippen LogP contribution in [0.4, 0.5) is 5.69 Å². The van der Waals surface area contributed by atoms with Crippen molar-refractivity contribution in [1.82, 2.24) is 5.32 Å². The van der Waals surface area contributed by atoms with E-state index in [1.54, 1.807) is 40.5 Å². The monoisotopic (exact) mass is 499 g/mol. The molecule has 0 saturated carbocycles. The molecule has 9 heteroatoms. The van der Waals surface area contributed by atoms with Gasteiger partial charge in [-0.15, -0.1) is 24.0 Å². The van der Waals surface area contributed by atoms with Crippen molar-refractivity contribution in [3.8, 4) is 17.2 Å². The molecule has 26 heavy (non-hydrogen) atoms. The Morgan fingerprint density at radius 1 is 1.12 bits per heavy atom. The van der Waals surface area contributed by atoms with Crippen LogP contribution < -0.4 is 24.8 Å². The minimum Gasteiger partial charge on any atom is -0.493 e. The van der Waals surface area contributed by atoms with Crippen LogP contribution in [0.1, 0.15) is 20.8 Å². The van der Waals surface area contributed by atoms with E-state index < -0.39 is 10.8 Å². The highest BCUT2D eigenvalue weighted by atomic mass is 127. The van der Waals surface area contributed by atoms with Crippen molar-refractivity contribution in [3.05, 3.63) is 12.1 Å². The number of guanidine groups is 1. The molecular formula is C17H30IN3O4S. The minimum atomic E-state index is -0.919. The van der Waals surface area contributed by atoms with Gasteiger partial charge in [0.1, 0.15) is 0 Å². The third-order valence-electron chi connectivity index (χ3n) is 3.41. The number of hydrogen-bond acceptors (Lipinski definition) is 5. The quantitative estimate of drug-likeness (QED) is 0.341. The first-order valence-electron chi connectivity index (χ1n) is 7.93. The Bertz CT molecular complexity index is 608. The zero-order valence-corrected chi connectivity index (χ0v) is 19.6. The van der Waals surface area contributed by atoms with Gasteiger partial charge in [-0.25, -0.2) is 0 Å². The van der Waals surface area contributed by atoms with Crippen LogP contribution in [0, 0.1) is 0 Å². The standard InChI is InChI=1S/C17H29N3O4S.HI/c1-17(2,3)25(21)9-8-19-16(18-4)20-12-10-13(22-5)15(24-7)14(11-12)23-6;/h10-11H,8-9H2,1-7H3,(H2,18,19,20);1H. The fourth-order valence-corrected chi connectivity index (χ4v) is 2.94. The van der Waals surface area contributed by atoms with E-state index >= 15 is 0 Å². The van der Waals surface area contributed by atoms with E-state index in [-0.39, 0.29) is 28.7 Å². The molecule has 1 atom stereocenters. The molecule has 0 aromatic heterocycles. The van der Waals surface area contributed by atoms with Crippen molar-refractivity contribution < 1.29 is 18.4 Å². The highest BCUT2D eigenvalue weighted by Crippen LogP contribution is 2.39. The van der Waals surface area contributed by atoms with E-state index in [2.05, 4.69) is 15.6 Å². The Balaban J connectivity index is 0.00000625. The fourth-order valence-electron chi connectivity index (χ4n) is 2.04. The Labute approximate surface area is 175 Å². The fraction of sp³-hybridized carbons (Fsp3) is 0.588. The summed E-state index contributed by atoms with van der Waals surface area (Å²) < 4.78 is 27.9. The van der Waals surface area contributed by atoms with Crippen LogP contribution in [0.25, 0.3) is 0 Å². The first kappa shape index (κ1) is 24.8. The summed E-state index contributed by atoms with van der Waals surface area (Å²) in [6, 6.07) is 3.59. The van der Waals surface area contributed by atoms with Gasteiger partial charge in [-0.1, -0.05) is 0 Å². The highest BCUT2D eigenvalue weighted by molar-refractivity contribution is 14.0. The van der Waals surface area contributed by atoms with E-state index in [0.717, 1.165) is 5.69 Å². The lowest BCUT2D eigenvalue weighted by Crippen LogP contribution is -2.36. The van der Waals surface area contributed by atoms with Crippen molar-refractivity contribution in [2.24, 2.45) is 4.99 Å². The molecule has 150 valence electrons. The third kappa shape index (κ3) is 7.18. The summed E-state index contributed by atoms with van der Waals surface area (Å²) in [4.78, 5) is 4.18. The minimum absolute atomic E-state index is 0. The number of ether oxygens (including phenoxy) is 3. The average molecular weight is 499 g/mol. The molecule has 1 unspecified atom stereocenters. The molecule has 0 radical (unpaired) electrons. The molecule has 0 fully saturated rings. The summed E-state index contributed by atoms with van der Waals surface area (Å²) in [6.45, 7) is 6.44. The molecular weight excluding hydrogens is 469 g/mol. The topological polar surface area (TPSA) is 81.2 Å². The van der Waals surface area contributed by atoms with Gasteiger partial charge in [-0.05, 0) is 20.8 Å². The number of aliphatic imine (C=N–C) groups is 1. The number of anilines is 1. The van der Waals surface area contributed by atoms with Crippen molar-refractivity contribution in [1.29, 1.82) is 0 Å². The molecule has 2 N–H and O–H groups in total. The van der Waals surface area contributed by atoms with Crippen molar-refractivity contribution >= 4 is 46.4 Å². The van der Waals surface area contributed by atoms with Gasteiger partial charge in [0.15, 0.2) is 17.5 Å². The lowest BCUT2D eigenvalue weighted by Gasteiger charge is -2.19. The number of rotatable bonds is 7. The molecule has 0 aliphatic heterocycles. The summed E-state index contributed by atoms with van der Waals surface area (Å²) in [5, 5.41) is 6.32. The van der Waals surface area contributed by atoms with E-state index in [4.69, 9.17) is 14.2 Å². The van der Waals surface area contributed by atoms with Crippen LogP contribution in [-0.4, -0.2) is 55.6 Å². The van der Waals surface area contributed by atoms with E-state index in [9.17, 15) is 4.21 Å². The maximum atomic E-state index is 12.1. The molecule has 0 aliphatic carbocycles. The molecule has 0 bridgehead atoms. The SMILES string of the molecule is CN=C(NCCS(=O)C(C)(C)C)Nc1cc(OC)c(OC)c(OC)c1.I. The lowest BCUT2D eigenvalue weighted by molar-refractivity contribution is 0.324.